The number of fused-ring (bicyclic) bond motifs is 1. The first-order valence-electron chi connectivity index (χ1n) is 7.65. The minimum Gasteiger partial charge on any atom is -0.465 e. The van der Waals surface area contributed by atoms with Gasteiger partial charge in [-0.05, 0) is 24.5 Å². The van der Waals surface area contributed by atoms with Gasteiger partial charge in [0.2, 0.25) is 0 Å². The molecule has 0 amide bonds. The number of carbonyl (C=O) groups is 1. The number of hydrogen-bond acceptors (Lipinski definition) is 3. The molecule has 0 aliphatic heterocycles. The van der Waals surface area contributed by atoms with Gasteiger partial charge in [0.05, 0.1) is 18.2 Å². The number of hydrogen-bond donors (Lipinski definition) is 0. The minimum absolute atomic E-state index is 0.296. The van der Waals surface area contributed by atoms with E-state index in [9.17, 15) is 4.79 Å². The second-order valence-corrected chi connectivity index (χ2v) is 5.50. The first kappa shape index (κ1) is 15.5. The van der Waals surface area contributed by atoms with Crippen LogP contribution in [0.2, 0.25) is 0 Å². The molecule has 3 nitrogen and oxygen atoms in total. The van der Waals surface area contributed by atoms with Crippen molar-refractivity contribution < 1.29 is 9.53 Å². The maximum atomic E-state index is 12.0. The van der Waals surface area contributed by atoms with E-state index in [1.54, 1.807) is 0 Å². The Kier molecular flexibility index (Phi) is 5.32. The molecule has 1 unspecified atom stereocenters. The lowest BCUT2D eigenvalue weighted by Crippen LogP contribution is -2.06. The molecule has 112 valence electrons. The molecule has 0 saturated heterocycles. The van der Waals surface area contributed by atoms with Gasteiger partial charge in [-0.15, -0.1) is 0 Å². The number of carbonyl (C=O) groups excluding carboxylic acids is 1. The van der Waals surface area contributed by atoms with Crippen LogP contribution in [-0.4, -0.2) is 18.1 Å². The van der Waals surface area contributed by atoms with Gasteiger partial charge in [-0.25, -0.2) is 4.79 Å². The van der Waals surface area contributed by atoms with Crippen molar-refractivity contribution in [1.82, 2.24) is 4.98 Å². The van der Waals surface area contributed by atoms with E-state index < -0.39 is 0 Å². The van der Waals surface area contributed by atoms with Crippen LogP contribution < -0.4 is 0 Å². The zero-order chi connectivity index (χ0) is 15.2. The normalized spacial score (nSPS) is 12.3. The standard InChI is InChI=1S/C18H23NO2/c1-4-5-6-9-13(2)17-12-15(18(20)21-3)14-10-7-8-11-16(14)19-17/h7-8,10-13H,4-6,9H2,1-3H3. The van der Waals surface area contributed by atoms with Gasteiger partial charge in [-0.2, -0.15) is 0 Å². The van der Waals surface area contributed by atoms with E-state index in [0.717, 1.165) is 23.0 Å². The Balaban J connectivity index is 2.38. The number of nitrogens with zero attached hydrogens (tertiary/aromatic N) is 1. The number of unbranched alkanes of at least 4 members (excludes halogenated alkanes) is 2. The van der Waals surface area contributed by atoms with Crippen molar-refractivity contribution in [1.29, 1.82) is 0 Å². The smallest absolute Gasteiger partial charge is 0.338 e. The summed E-state index contributed by atoms with van der Waals surface area (Å²) in [7, 11) is 1.42. The molecule has 2 rings (SSSR count). The van der Waals surface area contributed by atoms with Gasteiger partial charge in [-0.1, -0.05) is 51.3 Å². The van der Waals surface area contributed by atoms with Crippen LogP contribution in [0.3, 0.4) is 0 Å². The van der Waals surface area contributed by atoms with Crippen molar-refractivity contribution in [2.45, 2.75) is 45.4 Å². The Hall–Kier alpha value is -1.90. The average molecular weight is 285 g/mol. The Labute approximate surface area is 126 Å². The molecule has 0 N–H and O–H groups in total. The summed E-state index contributed by atoms with van der Waals surface area (Å²) in [6, 6.07) is 9.62. The van der Waals surface area contributed by atoms with E-state index in [0.29, 0.717) is 11.5 Å². The average Bonchev–Trinajstić information content (AvgIpc) is 2.53. The van der Waals surface area contributed by atoms with Gasteiger partial charge in [0.25, 0.3) is 0 Å². The van der Waals surface area contributed by atoms with Crippen molar-refractivity contribution in [2.24, 2.45) is 0 Å². The van der Waals surface area contributed by atoms with Crippen LogP contribution in [0.15, 0.2) is 30.3 Å². The number of rotatable bonds is 6. The predicted molar refractivity (Wildman–Crippen MR) is 85.6 cm³/mol. The SMILES string of the molecule is CCCCCC(C)c1cc(C(=O)OC)c2ccccc2n1. The van der Waals surface area contributed by atoms with Crippen LogP contribution >= 0.6 is 0 Å². The molecule has 0 aliphatic rings. The van der Waals surface area contributed by atoms with Gasteiger partial charge >= 0.3 is 5.97 Å². The molecule has 0 saturated carbocycles. The number of esters is 1. The summed E-state index contributed by atoms with van der Waals surface area (Å²) in [4.78, 5) is 16.7. The maximum Gasteiger partial charge on any atom is 0.338 e. The molecule has 1 aromatic heterocycles. The van der Waals surface area contributed by atoms with Gasteiger partial charge in [0, 0.05) is 11.1 Å². The molecular weight excluding hydrogens is 262 g/mol. The van der Waals surface area contributed by atoms with Crippen molar-refractivity contribution >= 4 is 16.9 Å². The van der Waals surface area contributed by atoms with Crippen molar-refractivity contribution in [3.63, 3.8) is 0 Å². The largest absolute Gasteiger partial charge is 0.465 e. The fraction of sp³-hybridized carbons (Fsp3) is 0.444. The van der Waals surface area contributed by atoms with Crippen LogP contribution in [0.5, 0.6) is 0 Å². The quantitative estimate of drug-likeness (QED) is 0.570. The monoisotopic (exact) mass is 285 g/mol. The van der Waals surface area contributed by atoms with Crippen molar-refractivity contribution in [2.75, 3.05) is 7.11 Å². The third kappa shape index (κ3) is 3.60. The second kappa shape index (κ2) is 7.21. The highest BCUT2D eigenvalue weighted by Crippen LogP contribution is 2.26. The molecule has 0 aliphatic carbocycles. The molecule has 3 heteroatoms. The zero-order valence-electron chi connectivity index (χ0n) is 13.1. The topological polar surface area (TPSA) is 39.2 Å². The molecule has 0 radical (unpaired) electrons. The first-order valence-corrected chi connectivity index (χ1v) is 7.65. The summed E-state index contributed by atoms with van der Waals surface area (Å²) in [5, 5.41) is 0.855. The third-order valence-corrected chi connectivity index (χ3v) is 3.89. The molecule has 1 atom stereocenters. The third-order valence-electron chi connectivity index (χ3n) is 3.89. The van der Waals surface area contributed by atoms with Crippen LogP contribution in [-0.2, 0) is 4.74 Å². The Morgan fingerprint density at radius 3 is 2.76 bits per heavy atom. The lowest BCUT2D eigenvalue weighted by molar-refractivity contribution is 0.0602. The predicted octanol–water partition coefficient (Wildman–Crippen LogP) is 4.71. The second-order valence-electron chi connectivity index (χ2n) is 5.50. The van der Waals surface area contributed by atoms with E-state index in [2.05, 4.69) is 13.8 Å². The highest BCUT2D eigenvalue weighted by Gasteiger charge is 2.16. The molecular formula is C18H23NO2. The van der Waals surface area contributed by atoms with E-state index in [1.165, 1.54) is 26.4 Å². The lowest BCUT2D eigenvalue weighted by atomic mass is 9.96. The number of methoxy groups -OCH3 is 1. The van der Waals surface area contributed by atoms with Gasteiger partial charge < -0.3 is 4.74 Å². The molecule has 1 aromatic carbocycles. The summed E-state index contributed by atoms with van der Waals surface area (Å²) in [6.45, 7) is 4.38. The highest BCUT2D eigenvalue weighted by molar-refractivity contribution is 6.03. The summed E-state index contributed by atoms with van der Waals surface area (Å²) >= 11 is 0. The summed E-state index contributed by atoms with van der Waals surface area (Å²) in [5.74, 6) is 0.0557. The lowest BCUT2D eigenvalue weighted by Gasteiger charge is -2.13. The number of para-hydroxylation sites is 1. The fourth-order valence-corrected chi connectivity index (χ4v) is 2.58. The van der Waals surface area contributed by atoms with Crippen LogP contribution in [0, 0.1) is 0 Å². The van der Waals surface area contributed by atoms with Gasteiger partial charge in [-0.3, -0.25) is 4.98 Å². The molecule has 2 aromatic rings. The summed E-state index contributed by atoms with van der Waals surface area (Å²) < 4.78 is 4.91. The molecule has 0 fully saturated rings. The number of aromatic nitrogens is 1. The van der Waals surface area contributed by atoms with E-state index in [4.69, 9.17) is 9.72 Å². The fourth-order valence-electron chi connectivity index (χ4n) is 2.58. The van der Waals surface area contributed by atoms with Crippen molar-refractivity contribution in [3.05, 3.63) is 41.6 Å². The summed E-state index contributed by atoms with van der Waals surface area (Å²) in [6.07, 6.45) is 4.74. The molecule has 1 heterocycles. The van der Waals surface area contributed by atoms with Crippen LogP contribution in [0.4, 0.5) is 0 Å². The molecule has 0 spiro atoms. The number of ether oxygens (including phenoxy) is 1. The highest BCUT2D eigenvalue weighted by atomic mass is 16.5. The maximum absolute atomic E-state index is 12.0. The number of benzene rings is 1. The van der Waals surface area contributed by atoms with E-state index in [1.807, 2.05) is 30.3 Å². The number of pyridine rings is 1. The first-order chi connectivity index (χ1) is 10.2. The van der Waals surface area contributed by atoms with Gasteiger partial charge in [0.1, 0.15) is 0 Å². The zero-order valence-corrected chi connectivity index (χ0v) is 13.1. The Bertz CT molecular complexity index is 622. The minimum atomic E-state index is -0.296. The molecule has 21 heavy (non-hydrogen) atoms. The van der Waals surface area contributed by atoms with Crippen molar-refractivity contribution in [3.8, 4) is 0 Å². The van der Waals surface area contributed by atoms with E-state index in [-0.39, 0.29) is 5.97 Å². The van der Waals surface area contributed by atoms with Crippen LogP contribution in [0.25, 0.3) is 10.9 Å². The summed E-state index contributed by atoms with van der Waals surface area (Å²) in [5.41, 5.74) is 2.45. The Morgan fingerprint density at radius 1 is 1.29 bits per heavy atom. The van der Waals surface area contributed by atoms with Gasteiger partial charge in [0.15, 0.2) is 0 Å². The molecule has 0 bridgehead atoms. The van der Waals surface area contributed by atoms with Crippen LogP contribution in [0.1, 0.15) is 61.5 Å². The Morgan fingerprint density at radius 2 is 2.05 bits per heavy atom. The van der Waals surface area contributed by atoms with E-state index >= 15 is 0 Å².